The maximum Gasteiger partial charge on any atom is 0.128 e. The van der Waals surface area contributed by atoms with Gasteiger partial charge in [0.25, 0.3) is 0 Å². The van der Waals surface area contributed by atoms with Crippen LogP contribution in [0, 0.1) is 0 Å². The summed E-state index contributed by atoms with van der Waals surface area (Å²) in [6, 6.07) is 6.62. The highest BCUT2D eigenvalue weighted by molar-refractivity contribution is 5.38. The van der Waals surface area contributed by atoms with Gasteiger partial charge in [-0.1, -0.05) is 12.1 Å². The molecule has 0 aromatic carbocycles. The monoisotopic (exact) mass is 289 g/mol. The minimum absolute atomic E-state index is 0.248. The molecule has 1 aromatic heterocycles. The van der Waals surface area contributed by atoms with Crippen LogP contribution in [0.4, 0.5) is 5.82 Å². The van der Waals surface area contributed by atoms with Gasteiger partial charge in [-0.2, -0.15) is 0 Å². The molecular weight excluding hydrogens is 262 g/mol. The van der Waals surface area contributed by atoms with Gasteiger partial charge in [-0.3, -0.25) is 0 Å². The van der Waals surface area contributed by atoms with Crippen molar-refractivity contribution >= 4 is 5.82 Å². The Balaban J connectivity index is 1.76. The van der Waals surface area contributed by atoms with E-state index in [1.165, 1.54) is 0 Å². The molecule has 1 N–H and O–H groups in total. The lowest BCUT2D eigenvalue weighted by Crippen LogP contribution is -2.45. The summed E-state index contributed by atoms with van der Waals surface area (Å²) in [5.41, 5.74) is 0. The number of hydrogen-bond donors (Lipinski definition) is 1. The Morgan fingerprint density at radius 3 is 2.86 bits per heavy atom. The highest BCUT2D eigenvalue weighted by Gasteiger charge is 2.24. The number of pyridine rings is 1. The first-order valence-corrected chi connectivity index (χ1v) is 7.86. The lowest BCUT2D eigenvalue weighted by Gasteiger charge is -2.38. The van der Waals surface area contributed by atoms with Crippen LogP contribution in [-0.4, -0.2) is 53.8 Å². The van der Waals surface area contributed by atoms with E-state index < -0.39 is 0 Å². The number of likely N-dealkylation sites (N-methyl/N-ethyl adjacent to an activating group) is 1. The summed E-state index contributed by atoms with van der Waals surface area (Å²) in [4.78, 5) is 9.07. The van der Waals surface area contributed by atoms with Gasteiger partial charge in [0.15, 0.2) is 0 Å². The third-order valence-electron chi connectivity index (χ3n) is 4.26. The summed E-state index contributed by atoms with van der Waals surface area (Å²) in [7, 11) is 2.12. The summed E-state index contributed by atoms with van der Waals surface area (Å²) in [5, 5.41) is 10.0. The van der Waals surface area contributed by atoms with Crippen molar-refractivity contribution in [1.29, 1.82) is 0 Å². The van der Waals surface area contributed by atoms with Crippen molar-refractivity contribution in [3.05, 3.63) is 37.1 Å². The van der Waals surface area contributed by atoms with Gasteiger partial charge >= 0.3 is 0 Å². The van der Waals surface area contributed by atoms with Crippen molar-refractivity contribution in [3.8, 4) is 0 Å². The molecule has 4 heteroatoms. The number of aromatic nitrogens is 1. The molecule has 0 saturated carbocycles. The lowest BCUT2D eigenvalue weighted by atomic mass is 10.0. The summed E-state index contributed by atoms with van der Waals surface area (Å²) in [5.74, 6) is 1.07. The van der Waals surface area contributed by atoms with Crippen LogP contribution in [0.25, 0.3) is 0 Å². The van der Waals surface area contributed by atoms with Gasteiger partial charge < -0.3 is 14.9 Å². The van der Waals surface area contributed by atoms with Crippen LogP contribution in [0.2, 0.25) is 0 Å². The molecule has 0 spiro atoms. The number of rotatable bonds is 7. The predicted octanol–water partition coefficient (Wildman–Crippen LogP) is 2.31. The molecule has 4 nitrogen and oxygen atoms in total. The van der Waals surface area contributed by atoms with E-state index in [0.29, 0.717) is 6.04 Å². The minimum Gasteiger partial charge on any atom is -0.392 e. The van der Waals surface area contributed by atoms with Crippen molar-refractivity contribution in [2.45, 2.75) is 37.8 Å². The topological polar surface area (TPSA) is 39.6 Å². The molecule has 1 fully saturated rings. The van der Waals surface area contributed by atoms with Crippen LogP contribution in [0.3, 0.4) is 0 Å². The zero-order valence-corrected chi connectivity index (χ0v) is 13.0. The predicted molar refractivity (Wildman–Crippen MR) is 87.5 cm³/mol. The Labute approximate surface area is 128 Å². The molecule has 0 bridgehead atoms. The lowest BCUT2D eigenvalue weighted by molar-refractivity contribution is 0.0905. The molecule has 21 heavy (non-hydrogen) atoms. The van der Waals surface area contributed by atoms with E-state index in [2.05, 4.69) is 34.5 Å². The van der Waals surface area contributed by atoms with E-state index in [1.54, 1.807) is 0 Å². The Kier molecular flexibility index (Phi) is 6.21. The van der Waals surface area contributed by atoms with Gasteiger partial charge in [0, 0.05) is 31.9 Å². The Morgan fingerprint density at radius 2 is 2.24 bits per heavy atom. The molecule has 1 unspecified atom stereocenters. The highest BCUT2D eigenvalue weighted by Crippen LogP contribution is 2.20. The number of aliphatic hydroxyl groups excluding tert-OH is 1. The summed E-state index contributed by atoms with van der Waals surface area (Å²) < 4.78 is 0. The zero-order valence-electron chi connectivity index (χ0n) is 13.0. The van der Waals surface area contributed by atoms with E-state index in [0.717, 1.165) is 51.1 Å². The molecular formula is C17H27N3O. The van der Waals surface area contributed by atoms with E-state index in [4.69, 9.17) is 0 Å². The molecule has 0 amide bonds. The molecule has 116 valence electrons. The fraction of sp³-hybridized carbons (Fsp3) is 0.588. The molecule has 1 aliphatic heterocycles. The van der Waals surface area contributed by atoms with Crippen molar-refractivity contribution in [2.24, 2.45) is 0 Å². The first-order chi connectivity index (χ1) is 10.2. The average Bonchev–Trinajstić information content (AvgIpc) is 2.54. The van der Waals surface area contributed by atoms with E-state index in [1.807, 2.05) is 24.4 Å². The first kappa shape index (κ1) is 16.0. The number of piperidine rings is 1. The SMILES string of the molecule is C=CCCC(O)CN(C)C1CCN(c2ccccn2)CC1. The molecule has 0 aliphatic carbocycles. The molecule has 0 radical (unpaired) electrons. The van der Waals surface area contributed by atoms with Crippen LogP contribution in [-0.2, 0) is 0 Å². The fourth-order valence-electron chi connectivity index (χ4n) is 2.96. The second kappa shape index (κ2) is 8.15. The van der Waals surface area contributed by atoms with Crippen LogP contribution < -0.4 is 4.90 Å². The van der Waals surface area contributed by atoms with Crippen molar-refractivity contribution in [3.63, 3.8) is 0 Å². The second-order valence-corrected chi connectivity index (χ2v) is 5.87. The van der Waals surface area contributed by atoms with Gasteiger partial charge in [0.05, 0.1) is 6.10 Å². The molecule has 1 saturated heterocycles. The molecule has 1 atom stereocenters. The number of nitrogens with zero attached hydrogens (tertiary/aromatic N) is 3. The summed E-state index contributed by atoms with van der Waals surface area (Å²) in [6.45, 7) is 6.53. The maximum absolute atomic E-state index is 10.0. The van der Waals surface area contributed by atoms with Crippen LogP contribution in [0.15, 0.2) is 37.1 Å². The normalized spacial score (nSPS) is 18.0. The van der Waals surface area contributed by atoms with Gasteiger partial charge in [-0.05, 0) is 44.9 Å². The van der Waals surface area contributed by atoms with Gasteiger partial charge in [-0.15, -0.1) is 6.58 Å². The van der Waals surface area contributed by atoms with E-state index in [-0.39, 0.29) is 6.10 Å². The number of allylic oxidation sites excluding steroid dienone is 1. The number of hydrogen-bond acceptors (Lipinski definition) is 4. The zero-order chi connectivity index (χ0) is 15.1. The van der Waals surface area contributed by atoms with Crippen LogP contribution >= 0.6 is 0 Å². The highest BCUT2D eigenvalue weighted by atomic mass is 16.3. The third-order valence-corrected chi connectivity index (χ3v) is 4.26. The van der Waals surface area contributed by atoms with Crippen molar-refractivity contribution < 1.29 is 5.11 Å². The molecule has 2 rings (SSSR count). The van der Waals surface area contributed by atoms with Crippen LogP contribution in [0.1, 0.15) is 25.7 Å². The number of anilines is 1. The van der Waals surface area contributed by atoms with Gasteiger partial charge in [0.2, 0.25) is 0 Å². The van der Waals surface area contributed by atoms with Crippen molar-refractivity contribution in [1.82, 2.24) is 9.88 Å². The van der Waals surface area contributed by atoms with E-state index in [9.17, 15) is 5.11 Å². The average molecular weight is 289 g/mol. The van der Waals surface area contributed by atoms with E-state index >= 15 is 0 Å². The second-order valence-electron chi connectivity index (χ2n) is 5.87. The van der Waals surface area contributed by atoms with Gasteiger partial charge in [0.1, 0.15) is 5.82 Å². The summed E-state index contributed by atoms with van der Waals surface area (Å²) in [6.07, 6.45) is 7.41. The minimum atomic E-state index is -0.248. The van der Waals surface area contributed by atoms with Gasteiger partial charge in [-0.25, -0.2) is 4.98 Å². The third kappa shape index (κ3) is 4.83. The first-order valence-electron chi connectivity index (χ1n) is 7.86. The van der Waals surface area contributed by atoms with Crippen molar-refractivity contribution in [2.75, 3.05) is 31.6 Å². The molecule has 1 aliphatic rings. The van der Waals surface area contributed by atoms with Crippen LogP contribution in [0.5, 0.6) is 0 Å². The standard InChI is InChI=1S/C17H27N3O/c1-3-4-7-16(21)14-19(2)15-9-12-20(13-10-15)17-8-5-6-11-18-17/h3,5-6,8,11,15-16,21H,1,4,7,9-10,12-14H2,2H3. The Bertz CT molecular complexity index is 415. The Hall–Kier alpha value is -1.39. The fourth-order valence-corrected chi connectivity index (χ4v) is 2.96. The number of aliphatic hydroxyl groups is 1. The maximum atomic E-state index is 10.0. The molecule has 2 heterocycles. The summed E-state index contributed by atoms with van der Waals surface area (Å²) >= 11 is 0. The smallest absolute Gasteiger partial charge is 0.128 e. The Morgan fingerprint density at radius 1 is 1.48 bits per heavy atom. The quantitative estimate of drug-likeness (QED) is 0.782. The largest absolute Gasteiger partial charge is 0.392 e. The molecule has 1 aromatic rings.